The number of ether oxygens (including phenoxy) is 1. The fourth-order valence-corrected chi connectivity index (χ4v) is 2.82. The third kappa shape index (κ3) is 4.71. The Morgan fingerprint density at radius 3 is 2.67 bits per heavy atom. The molecule has 1 amide bonds. The van der Waals surface area contributed by atoms with Crippen molar-refractivity contribution >= 4 is 5.91 Å². The number of nitriles is 2. The van der Waals surface area contributed by atoms with E-state index in [1.807, 2.05) is 17.0 Å². The first kappa shape index (κ1) is 17.8. The predicted octanol–water partition coefficient (Wildman–Crippen LogP) is 1.90. The van der Waals surface area contributed by atoms with Gasteiger partial charge < -0.3 is 9.64 Å². The minimum absolute atomic E-state index is 0.00913. The number of amides is 1. The Kier molecular flexibility index (Phi) is 6.60. The molecule has 0 unspecified atom stereocenters. The molecule has 1 aromatic carbocycles. The number of hydrogen-bond donors (Lipinski definition) is 0. The zero-order valence-electron chi connectivity index (χ0n) is 13.9. The van der Waals surface area contributed by atoms with E-state index in [1.54, 1.807) is 19.2 Å². The van der Waals surface area contributed by atoms with Gasteiger partial charge in [0.05, 0.1) is 25.2 Å². The van der Waals surface area contributed by atoms with Crippen LogP contribution in [0, 0.1) is 28.6 Å². The van der Waals surface area contributed by atoms with E-state index in [1.165, 1.54) is 0 Å². The Morgan fingerprint density at radius 1 is 1.29 bits per heavy atom. The van der Waals surface area contributed by atoms with Crippen molar-refractivity contribution in [3.63, 3.8) is 0 Å². The minimum Gasteiger partial charge on any atom is -0.497 e. The van der Waals surface area contributed by atoms with Gasteiger partial charge in [0.25, 0.3) is 5.91 Å². The fraction of sp³-hybridized carbons (Fsp3) is 0.500. The molecular weight excluding hydrogens is 304 g/mol. The molecule has 126 valence electrons. The lowest BCUT2D eigenvalue weighted by Crippen LogP contribution is -2.49. The third-order valence-electron chi connectivity index (χ3n) is 4.24. The molecule has 1 atom stereocenters. The third-order valence-corrected chi connectivity index (χ3v) is 4.24. The van der Waals surface area contributed by atoms with Gasteiger partial charge in [-0.3, -0.25) is 9.69 Å². The molecule has 1 heterocycles. The van der Waals surface area contributed by atoms with Crippen molar-refractivity contribution in [1.82, 2.24) is 9.80 Å². The molecule has 1 aromatic rings. The standard InChI is InChI=1S/C18H22N4O2/c1-24-17-6-2-5-16(12-17)18(23)22-10-8-21(9-11-22)14-15(13-20)4-3-7-19/h2,5-6,12,15H,3-4,8-11,14H2,1H3/t15-/m0/s1. The van der Waals surface area contributed by atoms with Crippen LogP contribution in [0.15, 0.2) is 24.3 Å². The lowest BCUT2D eigenvalue weighted by atomic mass is 10.0. The van der Waals surface area contributed by atoms with Crippen LogP contribution in [0.2, 0.25) is 0 Å². The second-order valence-corrected chi connectivity index (χ2v) is 5.85. The van der Waals surface area contributed by atoms with Crippen LogP contribution in [0.1, 0.15) is 23.2 Å². The molecular formula is C18H22N4O2. The van der Waals surface area contributed by atoms with Crippen molar-refractivity contribution in [2.75, 3.05) is 39.8 Å². The van der Waals surface area contributed by atoms with Gasteiger partial charge in [0.2, 0.25) is 0 Å². The zero-order chi connectivity index (χ0) is 17.4. The highest BCUT2D eigenvalue weighted by molar-refractivity contribution is 5.94. The van der Waals surface area contributed by atoms with Gasteiger partial charge in [-0.1, -0.05) is 6.07 Å². The molecule has 6 heteroatoms. The molecule has 0 aliphatic carbocycles. The van der Waals surface area contributed by atoms with E-state index >= 15 is 0 Å². The minimum atomic E-state index is -0.120. The van der Waals surface area contributed by atoms with E-state index in [-0.39, 0.29) is 11.8 Å². The maximum atomic E-state index is 12.6. The molecule has 1 saturated heterocycles. The summed E-state index contributed by atoms with van der Waals surface area (Å²) in [6.45, 7) is 3.46. The van der Waals surface area contributed by atoms with Crippen LogP contribution in [-0.2, 0) is 0 Å². The van der Waals surface area contributed by atoms with E-state index in [0.717, 1.165) is 13.1 Å². The highest BCUT2D eigenvalue weighted by Gasteiger charge is 2.24. The number of methoxy groups -OCH3 is 1. The van der Waals surface area contributed by atoms with Crippen LogP contribution < -0.4 is 4.74 Å². The van der Waals surface area contributed by atoms with Crippen LogP contribution in [0.3, 0.4) is 0 Å². The fourth-order valence-electron chi connectivity index (χ4n) is 2.82. The number of piperazine rings is 1. The van der Waals surface area contributed by atoms with Crippen LogP contribution in [0.5, 0.6) is 5.75 Å². The summed E-state index contributed by atoms with van der Waals surface area (Å²) in [6, 6.07) is 11.5. The summed E-state index contributed by atoms with van der Waals surface area (Å²) >= 11 is 0. The van der Waals surface area contributed by atoms with Crippen molar-refractivity contribution in [3.8, 4) is 17.9 Å². The second kappa shape index (κ2) is 8.90. The molecule has 1 aliphatic rings. The first-order chi connectivity index (χ1) is 11.7. The number of carbonyl (C=O) groups excluding carboxylic acids is 1. The van der Waals surface area contributed by atoms with Gasteiger partial charge in [0.15, 0.2) is 0 Å². The average molecular weight is 326 g/mol. The number of hydrogen-bond acceptors (Lipinski definition) is 5. The van der Waals surface area contributed by atoms with Crippen molar-refractivity contribution in [1.29, 1.82) is 10.5 Å². The first-order valence-corrected chi connectivity index (χ1v) is 8.10. The van der Waals surface area contributed by atoms with Gasteiger partial charge in [0, 0.05) is 44.7 Å². The molecule has 0 saturated carbocycles. The summed E-state index contributed by atoms with van der Waals surface area (Å²) < 4.78 is 5.17. The summed E-state index contributed by atoms with van der Waals surface area (Å²) in [5.41, 5.74) is 0.631. The molecule has 0 N–H and O–H groups in total. The molecule has 6 nitrogen and oxygen atoms in total. The van der Waals surface area contributed by atoms with Crippen molar-refractivity contribution < 1.29 is 9.53 Å². The predicted molar refractivity (Wildman–Crippen MR) is 89.3 cm³/mol. The Labute approximate surface area is 142 Å². The second-order valence-electron chi connectivity index (χ2n) is 5.85. The van der Waals surface area contributed by atoms with E-state index in [0.29, 0.717) is 43.8 Å². The normalized spacial score (nSPS) is 16.0. The first-order valence-electron chi connectivity index (χ1n) is 8.10. The van der Waals surface area contributed by atoms with Crippen LogP contribution >= 0.6 is 0 Å². The molecule has 0 bridgehead atoms. The Bertz CT molecular complexity index is 639. The summed E-state index contributed by atoms with van der Waals surface area (Å²) in [4.78, 5) is 16.6. The number of benzene rings is 1. The van der Waals surface area contributed by atoms with Crippen LogP contribution in [0.25, 0.3) is 0 Å². The van der Waals surface area contributed by atoms with Gasteiger partial charge in [-0.15, -0.1) is 0 Å². The summed E-state index contributed by atoms with van der Waals surface area (Å²) in [5.74, 6) is 0.564. The number of rotatable bonds is 6. The van der Waals surface area contributed by atoms with Crippen molar-refractivity contribution in [2.24, 2.45) is 5.92 Å². The summed E-state index contributed by atoms with van der Waals surface area (Å²) in [6.07, 6.45) is 1.02. The van der Waals surface area contributed by atoms with Gasteiger partial charge in [-0.05, 0) is 24.6 Å². The Morgan fingerprint density at radius 2 is 2.04 bits per heavy atom. The lowest BCUT2D eigenvalue weighted by Gasteiger charge is -2.35. The van der Waals surface area contributed by atoms with E-state index in [2.05, 4.69) is 17.0 Å². The molecule has 24 heavy (non-hydrogen) atoms. The maximum Gasteiger partial charge on any atom is 0.254 e. The van der Waals surface area contributed by atoms with E-state index in [9.17, 15) is 4.79 Å². The molecule has 1 aliphatic heterocycles. The number of nitrogens with zero attached hydrogens (tertiary/aromatic N) is 4. The van der Waals surface area contributed by atoms with Gasteiger partial charge >= 0.3 is 0 Å². The summed E-state index contributed by atoms with van der Waals surface area (Å²) in [5, 5.41) is 17.8. The monoisotopic (exact) mass is 326 g/mol. The molecule has 0 spiro atoms. The Hall–Kier alpha value is -2.57. The zero-order valence-corrected chi connectivity index (χ0v) is 13.9. The molecule has 0 aromatic heterocycles. The number of carbonyl (C=O) groups is 1. The molecule has 1 fully saturated rings. The topological polar surface area (TPSA) is 80.4 Å². The average Bonchev–Trinajstić information content (AvgIpc) is 2.65. The molecule has 0 radical (unpaired) electrons. The van der Waals surface area contributed by atoms with E-state index < -0.39 is 0 Å². The SMILES string of the molecule is COc1cccc(C(=O)N2CCN(C[C@H](C#N)CCC#N)CC2)c1. The lowest BCUT2D eigenvalue weighted by molar-refractivity contribution is 0.0625. The molecule has 2 rings (SSSR count). The van der Waals surface area contributed by atoms with Crippen molar-refractivity contribution in [3.05, 3.63) is 29.8 Å². The van der Waals surface area contributed by atoms with Gasteiger partial charge in [0.1, 0.15) is 5.75 Å². The Balaban J connectivity index is 1.87. The maximum absolute atomic E-state index is 12.6. The summed E-state index contributed by atoms with van der Waals surface area (Å²) in [7, 11) is 1.58. The largest absolute Gasteiger partial charge is 0.497 e. The van der Waals surface area contributed by atoms with E-state index in [4.69, 9.17) is 15.3 Å². The van der Waals surface area contributed by atoms with Crippen LogP contribution in [0.4, 0.5) is 0 Å². The van der Waals surface area contributed by atoms with Gasteiger partial charge in [-0.2, -0.15) is 10.5 Å². The van der Waals surface area contributed by atoms with Crippen LogP contribution in [-0.4, -0.2) is 55.5 Å². The van der Waals surface area contributed by atoms with Crippen molar-refractivity contribution in [2.45, 2.75) is 12.8 Å². The smallest absolute Gasteiger partial charge is 0.254 e. The van der Waals surface area contributed by atoms with Gasteiger partial charge in [-0.25, -0.2) is 0 Å². The quantitative estimate of drug-likeness (QED) is 0.797. The highest BCUT2D eigenvalue weighted by atomic mass is 16.5. The highest BCUT2D eigenvalue weighted by Crippen LogP contribution is 2.16.